The second kappa shape index (κ2) is 5.37. The molecule has 1 atom stereocenters. The van der Waals surface area contributed by atoms with Crippen molar-refractivity contribution in [3.8, 4) is 0 Å². The van der Waals surface area contributed by atoms with Gasteiger partial charge in [0.1, 0.15) is 5.82 Å². The van der Waals surface area contributed by atoms with E-state index in [4.69, 9.17) is 23.2 Å². The highest BCUT2D eigenvalue weighted by molar-refractivity contribution is 6.31. The SMILES string of the molecule is CC(C)(C)C(Cl)CCc1cc(F)ccc1Cl. The van der Waals surface area contributed by atoms with Crippen LogP contribution in [0.4, 0.5) is 4.39 Å². The van der Waals surface area contributed by atoms with Gasteiger partial charge < -0.3 is 0 Å². The monoisotopic (exact) mass is 262 g/mol. The first-order valence-electron chi connectivity index (χ1n) is 5.38. The summed E-state index contributed by atoms with van der Waals surface area (Å²) in [4.78, 5) is 0. The van der Waals surface area contributed by atoms with Crippen molar-refractivity contribution in [1.29, 1.82) is 0 Å². The minimum Gasteiger partial charge on any atom is -0.207 e. The molecule has 0 aliphatic rings. The van der Waals surface area contributed by atoms with Crippen molar-refractivity contribution in [3.05, 3.63) is 34.6 Å². The van der Waals surface area contributed by atoms with Crippen molar-refractivity contribution in [2.24, 2.45) is 5.41 Å². The second-order valence-corrected chi connectivity index (χ2v) is 6.04. The molecule has 0 fully saturated rings. The van der Waals surface area contributed by atoms with Crippen LogP contribution in [0.2, 0.25) is 5.02 Å². The fourth-order valence-electron chi connectivity index (χ4n) is 1.45. The third-order valence-electron chi connectivity index (χ3n) is 2.61. The Bertz CT molecular complexity index is 355. The normalized spacial score (nSPS) is 13.9. The molecule has 0 aliphatic heterocycles. The van der Waals surface area contributed by atoms with E-state index in [1.165, 1.54) is 12.1 Å². The average Bonchev–Trinajstić information content (AvgIpc) is 2.17. The van der Waals surface area contributed by atoms with Crippen LogP contribution in [0.15, 0.2) is 18.2 Å². The van der Waals surface area contributed by atoms with Gasteiger partial charge in [0, 0.05) is 10.4 Å². The molecule has 0 bridgehead atoms. The van der Waals surface area contributed by atoms with Gasteiger partial charge in [0.2, 0.25) is 0 Å². The lowest BCUT2D eigenvalue weighted by molar-refractivity contribution is 0.374. The van der Waals surface area contributed by atoms with Gasteiger partial charge in [-0.3, -0.25) is 0 Å². The van der Waals surface area contributed by atoms with Gasteiger partial charge in [0.25, 0.3) is 0 Å². The molecule has 16 heavy (non-hydrogen) atoms. The number of aryl methyl sites for hydroxylation is 1. The van der Waals surface area contributed by atoms with Crippen molar-refractivity contribution >= 4 is 23.2 Å². The van der Waals surface area contributed by atoms with Crippen molar-refractivity contribution in [3.63, 3.8) is 0 Å². The maximum Gasteiger partial charge on any atom is 0.123 e. The zero-order valence-corrected chi connectivity index (χ0v) is 11.4. The van der Waals surface area contributed by atoms with E-state index in [0.717, 1.165) is 12.0 Å². The molecule has 1 aromatic carbocycles. The largest absolute Gasteiger partial charge is 0.207 e. The number of halogens is 3. The van der Waals surface area contributed by atoms with Crippen LogP contribution in [-0.2, 0) is 6.42 Å². The van der Waals surface area contributed by atoms with E-state index in [0.29, 0.717) is 11.4 Å². The highest BCUT2D eigenvalue weighted by atomic mass is 35.5. The van der Waals surface area contributed by atoms with Crippen LogP contribution < -0.4 is 0 Å². The van der Waals surface area contributed by atoms with E-state index in [1.807, 2.05) is 0 Å². The summed E-state index contributed by atoms with van der Waals surface area (Å²) in [5.41, 5.74) is 0.887. The average molecular weight is 263 g/mol. The Labute approximate surface area is 107 Å². The van der Waals surface area contributed by atoms with E-state index < -0.39 is 0 Å². The highest BCUT2D eigenvalue weighted by Crippen LogP contribution is 2.29. The molecule has 3 heteroatoms. The Morgan fingerprint density at radius 2 is 1.94 bits per heavy atom. The Balaban J connectivity index is 2.64. The van der Waals surface area contributed by atoms with Gasteiger partial charge in [-0.15, -0.1) is 11.6 Å². The van der Waals surface area contributed by atoms with E-state index in [9.17, 15) is 4.39 Å². The smallest absolute Gasteiger partial charge is 0.123 e. The lowest BCUT2D eigenvalue weighted by Crippen LogP contribution is -2.21. The summed E-state index contributed by atoms with van der Waals surface area (Å²) in [7, 11) is 0. The minimum atomic E-state index is -0.249. The van der Waals surface area contributed by atoms with Crippen molar-refractivity contribution in [2.75, 3.05) is 0 Å². The summed E-state index contributed by atoms with van der Waals surface area (Å²) < 4.78 is 13.0. The molecule has 0 amide bonds. The second-order valence-electron chi connectivity index (χ2n) is 5.11. The van der Waals surface area contributed by atoms with Gasteiger partial charge in [-0.2, -0.15) is 0 Å². The van der Waals surface area contributed by atoms with Crippen molar-refractivity contribution in [1.82, 2.24) is 0 Å². The van der Waals surface area contributed by atoms with Crippen molar-refractivity contribution < 1.29 is 4.39 Å². The molecule has 0 nitrogen and oxygen atoms in total. The molecular weight excluding hydrogens is 246 g/mol. The maximum absolute atomic E-state index is 13.0. The topological polar surface area (TPSA) is 0 Å². The van der Waals surface area contributed by atoms with Gasteiger partial charge in [0.05, 0.1) is 0 Å². The number of alkyl halides is 1. The van der Waals surface area contributed by atoms with Crippen LogP contribution in [0.1, 0.15) is 32.8 Å². The number of hydrogen-bond acceptors (Lipinski definition) is 0. The Morgan fingerprint density at radius 3 is 2.50 bits per heavy atom. The zero-order chi connectivity index (χ0) is 12.3. The first-order chi connectivity index (χ1) is 7.30. The summed E-state index contributed by atoms with van der Waals surface area (Å²) in [6, 6.07) is 4.44. The van der Waals surface area contributed by atoms with Gasteiger partial charge >= 0.3 is 0 Å². The minimum absolute atomic E-state index is 0.0569. The fraction of sp³-hybridized carbons (Fsp3) is 0.538. The predicted molar refractivity (Wildman–Crippen MR) is 68.8 cm³/mol. The molecule has 0 aliphatic carbocycles. The summed E-state index contributed by atoms with van der Waals surface area (Å²) in [6.07, 6.45) is 1.51. The summed E-state index contributed by atoms with van der Waals surface area (Å²) >= 11 is 12.2. The predicted octanol–water partition coefficient (Wildman–Crippen LogP) is 5.07. The molecule has 0 saturated heterocycles. The third kappa shape index (κ3) is 3.95. The molecule has 0 N–H and O–H groups in total. The van der Waals surface area contributed by atoms with Crippen LogP contribution in [0.25, 0.3) is 0 Å². The van der Waals surface area contributed by atoms with Crippen LogP contribution in [-0.4, -0.2) is 5.38 Å². The lowest BCUT2D eigenvalue weighted by atomic mass is 9.88. The quantitative estimate of drug-likeness (QED) is 0.668. The van der Waals surface area contributed by atoms with E-state index in [2.05, 4.69) is 20.8 Å². The van der Waals surface area contributed by atoms with E-state index in [1.54, 1.807) is 6.07 Å². The van der Waals surface area contributed by atoms with Gasteiger partial charge in [0.15, 0.2) is 0 Å². The summed E-state index contributed by atoms with van der Waals surface area (Å²) in [5.74, 6) is -0.249. The molecule has 0 aromatic heterocycles. The Hall–Kier alpha value is -0.270. The standard InChI is InChI=1S/C13H17Cl2F/c1-13(2,3)12(15)7-4-9-8-10(16)5-6-11(9)14/h5-6,8,12H,4,7H2,1-3H3. The summed E-state index contributed by atoms with van der Waals surface area (Å²) in [6.45, 7) is 6.29. The summed E-state index contributed by atoms with van der Waals surface area (Å²) in [5, 5.41) is 0.672. The fourth-order valence-corrected chi connectivity index (χ4v) is 1.77. The Morgan fingerprint density at radius 1 is 1.31 bits per heavy atom. The van der Waals surface area contributed by atoms with E-state index in [-0.39, 0.29) is 16.6 Å². The molecule has 0 spiro atoms. The molecule has 0 radical (unpaired) electrons. The van der Waals surface area contributed by atoms with Gasteiger partial charge in [-0.05, 0) is 42.0 Å². The molecule has 1 unspecified atom stereocenters. The third-order valence-corrected chi connectivity index (χ3v) is 3.86. The number of rotatable bonds is 3. The van der Waals surface area contributed by atoms with Crippen LogP contribution >= 0.6 is 23.2 Å². The van der Waals surface area contributed by atoms with Crippen LogP contribution in [0.5, 0.6) is 0 Å². The number of benzene rings is 1. The Kier molecular flexibility index (Phi) is 4.63. The molecule has 0 saturated carbocycles. The zero-order valence-electron chi connectivity index (χ0n) is 9.86. The molecule has 90 valence electrons. The maximum atomic E-state index is 13.0. The van der Waals surface area contributed by atoms with Crippen LogP contribution in [0, 0.1) is 11.2 Å². The van der Waals surface area contributed by atoms with E-state index >= 15 is 0 Å². The molecule has 0 heterocycles. The molecular formula is C13H17Cl2F. The molecule has 1 rings (SSSR count). The number of hydrogen-bond donors (Lipinski definition) is 0. The molecule has 1 aromatic rings. The highest BCUT2D eigenvalue weighted by Gasteiger charge is 2.22. The van der Waals surface area contributed by atoms with Crippen molar-refractivity contribution in [2.45, 2.75) is 39.0 Å². The van der Waals surface area contributed by atoms with Gasteiger partial charge in [-0.25, -0.2) is 4.39 Å². The first-order valence-corrected chi connectivity index (χ1v) is 6.20. The van der Waals surface area contributed by atoms with Gasteiger partial charge in [-0.1, -0.05) is 32.4 Å². The van der Waals surface area contributed by atoms with Crippen LogP contribution in [0.3, 0.4) is 0 Å². The first kappa shape index (κ1) is 13.8. The lowest BCUT2D eigenvalue weighted by Gasteiger charge is -2.25.